The summed E-state index contributed by atoms with van der Waals surface area (Å²) in [4.78, 5) is 25.9. The smallest absolute Gasteiger partial charge is 0.251 e. The van der Waals surface area contributed by atoms with Crippen molar-refractivity contribution in [2.45, 2.75) is 62.1 Å². The van der Waals surface area contributed by atoms with Crippen molar-refractivity contribution in [3.8, 4) is 0 Å². The van der Waals surface area contributed by atoms with Crippen molar-refractivity contribution in [2.75, 3.05) is 5.32 Å². The van der Waals surface area contributed by atoms with E-state index >= 15 is 0 Å². The first-order valence-corrected chi connectivity index (χ1v) is 12.2. The Hall–Kier alpha value is -2.38. The largest absolute Gasteiger partial charge is 0.350 e. The minimum absolute atomic E-state index is 0.0311. The number of nitrogens with one attached hydrogen (secondary N) is 2. The van der Waals surface area contributed by atoms with Gasteiger partial charge in [-0.1, -0.05) is 30.5 Å². The molecule has 0 spiro atoms. The average Bonchev–Trinajstić information content (AvgIpc) is 3.21. The van der Waals surface area contributed by atoms with Crippen molar-refractivity contribution in [3.05, 3.63) is 58.6 Å². The number of rotatable bonds is 6. The number of carbonyl (C=O) groups is 2. The number of hydrogen-bond acceptors (Lipinski definition) is 4. The summed E-state index contributed by atoms with van der Waals surface area (Å²) in [7, 11) is -3.94. The molecule has 166 valence electrons. The molecular weight excluding hydrogens is 436 g/mol. The molecule has 2 aromatic rings. The summed E-state index contributed by atoms with van der Waals surface area (Å²) >= 11 is 5.90. The molecule has 0 aromatic heterocycles. The van der Waals surface area contributed by atoms with Crippen LogP contribution >= 0.6 is 11.6 Å². The standard InChI is InChI=1S/C23H27ClN2O4S/c1-15(2)25-21(27)20-14-18(9-6-16(20)3)26-22(28)23(12-4-5-13-23)31(29,30)19-10-7-17(24)8-11-19/h6-11,14-15H,4-5,12-13H2,1-3H3,(H,25,27)(H,26,28). The van der Waals surface area contributed by atoms with Crippen molar-refractivity contribution in [2.24, 2.45) is 0 Å². The first-order valence-electron chi connectivity index (χ1n) is 10.3. The maximum Gasteiger partial charge on any atom is 0.251 e. The van der Waals surface area contributed by atoms with Gasteiger partial charge in [0, 0.05) is 22.3 Å². The summed E-state index contributed by atoms with van der Waals surface area (Å²) in [6, 6.07) is 10.9. The molecule has 3 rings (SSSR count). The molecule has 1 fully saturated rings. The van der Waals surface area contributed by atoms with Gasteiger partial charge in [0.2, 0.25) is 5.91 Å². The molecule has 0 atom stereocenters. The highest BCUT2D eigenvalue weighted by atomic mass is 35.5. The van der Waals surface area contributed by atoms with Crippen LogP contribution in [0.3, 0.4) is 0 Å². The zero-order valence-electron chi connectivity index (χ0n) is 17.9. The van der Waals surface area contributed by atoms with Crippen LogP contribution < -0.4 is 10.6 Å². The van der Waals surface area contributed by atoms with Crippen molar-refractivity contribution in [1.82, 2.24) is 5.32 Å². The SMILES string of the molecule is Cc1ccc(NC(=O)C2(S(=O)(=O)c3ccc(Cl)cc3)CCCC2)cc1C(=O)NC(C)C. The van der Waals surface area contributed by atoms with Gasteiger partial charge in [0.05, 0.1) is 4.90 Å². The molecule has 0 bridgehead atoms. The maximum absolute atomic E-state index is 13.5. The van der Waals surface area contributed by atoms with Gasteiger partial charge < -0.3 is 10.6 Å². The Labute approximate surface area is 188 Å². The van der Waals surface area contributed by atoms with Gasteiger partial charge in [0.15, 0.2) is 14.6 Å². The number of anilines is 1. The maximum atomic E-state index is 13.5. The second-order valence-corrected chi connectivity index (χ2v) is 11.0. The molecule has 1 aliphatic carbocycles. The average molecular weight is 463 g/mol. The zero-order chi connectivity index (χ0) is 22.8. The molecule has 0 heterocycles. The van der Waals surface area contributed by atoms with Crippen molar-refractivity contribution in [3.63, 3.8) is 0 Å². The lowest BCUT2D eigenvalue weighted by molar-refractivity contribution is -0.118. The number of aryl methyl sites for hydroxylation is 1. The lowest BCUT2D eigenvalue weighted by Gasteiger charge is -2.28. The lowest BCUT2D eigenvalue weighted by Crippen LogP contribution is -2.47. The monoisotopic (exact) mass is 462 g/mol. The molecule has 2 amide bonds. The van der Waals surface area contributed by atoms with Gasteiger partial charge in [0.1, 0.15) is 0 Å². The van der Waals surface area contributed by atoms with E-state index in [1.807, 2.05) is 20.8 Å². The molecule has 0 saturated heterocycles. The second kappa shape index (κ2) is 9.01. The van der Waals surface area contributed by atoms with Crippen LogP contribution in [0.1, 0.15) is 55.5 Å². The fraction of sp³-hybridized carbons (Fsp3) is 0.391. The highest BCUT2D eigenvalue weighted by molar-refractivity contribution is 7.93. The van der Waals surface area contributed by atoms with Crippen LogP contribution in [0.15, 0.2) is 47.4 Å². The van der Waals surface area contributed by atoms with Crippen LogP contribution in [0.4, 0.5) is 5.69 Å². The molecule has 1 aliphatic rings. The number of carbonyl (C=O) groups excluding carboxylic acids is 2. The summed E-state index contributed by atoms with van der Waals surface area (Å²) < 4.78 is 25.4. The van der Waals surface area contributed by atoms with Crippen LogP contribution in [0.2, 0.25) is 5.02 Å². The fourth-order valence-corrected chi connectivity index (χ4v) is 6.13. The third-order valence-electron chi connectivity index (χ3n) is 5.62. The Balaban J connectivity index is 1.93. The number of sulfone groups is 1. The summed E-state index contributed by atoms with van der Waals surface area (Å²) in [6.45, 7) is 5.54. The summed E-state index contributed by atoms with van der Waals surface area (Å²) in [5.41, 5.74) is 1.59. The Morgan fingerprint density at radius 2 is 1.65 bits per heavy atom. The Bertz CT molecular complexity index is 1090. The molecule has 2 N–H and O–H groups in total. The van der Waals surface area contributed by atoms with Crippen LogP contribution in [-0.4, -0.2) is 31.0 Å². The molecule has 6 nitrogen and oxygen atoms in total. The molecule has 8 heteroatoms. The fourth-order valence-electron chi connectivity index (χ4n) is 3.93. The third-order valence-corrected chi connectivity index (χ3v) is 8.39. The van der Waals surface area contributed by atoms with Gasteiger partial charge in [-0.3, -0.25) is 9.59 Å². The minimum atomic E-state index is -3.94. The van der Waals surface area contributed by atoms with E-state index in [1.165, 1.54) is 24.3 Å². The topological polar surface area (TPSA) is 92.3 Å². The first kappa shape index (κ1) is 23.3. The van der Waals surface area contributed by atoms with E-state index < -0.39 is 20.5 Å². The van der Waals surface area contributed by atoms with E-state index in [0.717, 1.165) is 5.56 Å². The molecule has 1 saturated carbocycles. The van der Waals surface area contributed by atoms with Gasteiger partial charge in [-0.2, -0.15) is 0 Å². The highest BCUT2D eigenvalue weighted by Crippen LogP contribution is 2.41. The second-order valence-electron chi connectivity index (χ2n) is 8.27. The van der Waals surface area contributed by atoms with Crippen LogP contribution in [0.25, 0.3) is 0 Å². The van der Waals surface area contributed by atoms with E-state index in [-0.39, 0.29) is 29.7 Å². The number of halogens is 1. The van der Waals surface area contributed by atoms with Gasteiger partial charge in [-0.25, -0.2) is 8.42 Å². The summed E-state index contributed by atoms with van der Waals surface area (Å²) in [5, 5.41) is 6.03. The summed E-state index contributed by atoms with van der Waals surface area (Å²) in [5.74, 6) is -0.813. The van der Waals surface area contributed by atoms with Gasteiger partial charge in [0.25, 0.3) is 5.91 Å². The molecular formula is C23H27ClN2O4S. The Kier molecular flexibility index (Phi) is 6.76. The van der Waals surface area contributed by atoms with Crippen LogP contribution in [0, 0.1) is 6.92 Å². The number of amides is 2. The van der Waals surface area contributed by atoms with Gasteiger partial charge in [-0.15, -0.1) is 0 Å². The van der Waals surface area contributed by atoms with Gasteiger partial charge >= 0.3 is 0 Å². The predicted octanol–water partition coefficient (Wildman–Crippen LogP) is 4.51. The number of benzene rings is 2. The molecule has 2 aromatic carbocycles. The van der Waals surface area contributed by atoms with Gasteiger partial charge in [-0.05, 0) is 75.6 Å². The van der Waals surface area contributed by atoms with E-state index in [1.54, 1.807) is 18.2 Å². The van der Waals surface area contributed by atoms with E-state index in [4.69, 9.17) is 11.6 Å². The minimum Gasteiger partial charge on any atom is -0.350 e. The zero-order valence-corrected chi connectivity index (χ0v) is 19.4. The molecule has 0 unspecified atom stereocenters. The molecule has 0 radical (unpaired) electrons. The first-order chi connectivity index (χ1) is 14.6. The van der Waals surface area contributed by atoms with Crippen molar-refractivity contribution >= 4 is 38.9 Å². The van der Waals surface area contributed by atoms with Crippen LogP contribution in [-0.2, 0) is 14.6 Å². The summed E-state index contributed by atoms with van der Waals surface area (Å²) in [6.07, 6.45) is 1.79. The van der Waals surface area contributed by atoms with Crippen LogP contribution in [0.5, 0.6) is 0 Å². The van der Waals surface area contributed by atoms with Crippen molar-refractivity contribution < 1.29 is 18.0 Å². The molecule has 0 aliphatic heterocycles. The number of hydrogen-bond donors (Lipinski definition) is 2. The Morgan fingerprint density at radius 1 is 1.03 bits per heavy atom. The third kappa shape index (κ3) is 4.62. The predicted molar refractivity (Wildman–Crippen MR) is 122 cm³/mol. The highest BCUT2D eigenvalue weighted by Gasteiger charge is 2.53. The Morgan fingerprint density at radius 3 is 2.23 bits per heavy atom. The van der Waals surface area contributed by atoms with E-state index in [2.05, 4.69) is 10.6 Å². The molecule has 31 heavy (non-hydrogen) atoms. The van der Waals surface area contributed by atoms with E-state index in [0.29, 0.717) is 29.1 Å². The quantitative estimate of drug-likeness (QED) is 0.660. The van der Waals surface area contributed by atoms with E-state index in [9.17, 15) is 18.0 Å². The lowest BCUT2D eigenvalue weighted by atomic mass is 10.0. The van der Waals surface area contributed by atoms with Crippen molar-refractivity contribution in [1.29, 1.82) is 0 Å². The normalized spacial score (nSPS) is 15.6.